The van der Waals surface area contributed by atoms with E-state index < -0.39 is 17.7 Å². The van der Waals surface area contributed by atoms with Crippen LogP contribution in [0.3, 0.4) is 0 Å². The van der Waals surface area contributed by atoms with E-state index in [2.05, 4.69) is 21.7 Å². The predicted molar refractivity (Wildman–Crippen MR) is 129 cm³/mol. The molecule has 36 heavy (non-hydrogen) atoms. The van der Waals surface area contributed by atoms with Crippen molar-refractivity contribution < 1.29 is 27.8 Å². The molecule has 0 atom stereocenters. The second-order valence-corrected chi connectivity index (χ2v) is 7.46. The molecule has 0 saturated heterocycles. The molecule has 0 spiro atoms. The number of hydrogen-bond donors (Lipinski definition) is 2. The number of carbonyl (C=O) groups excluding carboxylic acids is 1. The first-order valence-electron chi connectivity index (χ1n) is 10.7. The zero-order valence-electron chi connectivity index (χ0n) is 19.0. The van der Waals surface area contributed by atoms with E-state index in [1.54, 1.807) is 25.3 Å². The number of hydrogen-bond acceptors (Lipinski definition) is 6. The van der Waals surface area contributed by atoms with Gasteiger partial charge in [-0.1, -0.05) is 0 Å². The highest BCUT2D eigenvalue weighted by Crippen LogP contribution is 2.34. The molecule has 0 aliphatic carbocycles. The summed E-state index contributed by atoms with van der Waals surface area (Å²) in [5.41, 5.74) is 1.08. The fraction of sp³-hybridized carbons (Fsp3) is 0.115. The summed E-state index contributed by atoms with van der Waals surface area (Å²) >= 11 is 0. The van der Waals surface area contributed by atoms with Crippen LogP contribution in [0.5, 0.6) is 17.2 Å². The van der Waals surface area contributed by atoms with E-state index in [1.807, 2.05) is 0 Å². The third-order valence-electron chi connectivity index (χ3n) is 4.99. The van der Waals surface area contributed by atoms with Crippen LogP contribution in [0.25, 0.3) is 10.9 Å². The molecule has 0 bridgehead atoms. The molecule has 4 aromatic rings. The van der Waals surface area contributed by atoms with Crippen molar-refractivity contribution in [2.45, 2.75) is 0 Å². The molecule has 0 unspecified atom stereocenters. The van der Waals surface area contributed by atoms with Crippen LogP contribution < -0.4 is 20.1 Å². The maximum atomic E-state index is 14.7. The number of fused-ring (bicyclic) bond motifs is 1. The lowest BCUT2D eigenvalue weighted by Crippen LogP contribution is -2.20. The molecule has 0 radical (unpaired) electrons. The van der Waals surface area contributed by atoms with Gasteiger partial charge in [-0.3, -0.25) is 4.98 Å². The van der Waals surface area contributed by atoms with Crippen LogP contribution >= 0.6 is 0 Å². The van der Waals surface area contributed by atoms with Crippen molar-refractivity contribution in [3.05, 3.63) is 84.1 Å². The highest BCUT2D eigenvalue weighted by Gasteiger charge is 2.13. The smallest absolute Gasteiger partial charge is 0.323 e. The molecule has 0 fully saturated rings. The summed E-state index contributed by atoms with van der Waals surface area (Å²) in [6.07, 6.45) is 1.52. The van der Waals surface area contributed by atoms with Gasteiger partial charge in [0.05, 0.1) is 23.4 Å². The molecule has 1 aromatic heterocycles. The van der Waals surface area contributed by atoms with Crippen molar-refractivity contribution in [3.63, 3.8) is 0 Å². The van der Waals surface area contributed by atoms with E-state index in [1.165, 1.54) is 42.6 Å². The lowest BCUT2D eigenvalue weighted by molar-refractivity contribution is 0.146. The van der Waals surface area contributed by atoms with Gasteiger partial charge in [-0.25, -0.2) is 13.6 Å². The largest absolute Gasteiger partial charge is 0.490 e. The Morgan fingerprint density at radius 3 is 2.53 bits per heavy atom. The summed E-state index contributed by atoms with van der Waals surface area (Å²) in [4.78, 5) is 16.4. The maximum absolute atomic E-state index is 14.7. The fourth-order valence-corrected chi connectivity index (χ4v) is 3.28. The molecule has 0 aliphatic heterocycles. The zero-order chi connectivity index (χ0) is 25.5. The minimum absolute atomic E-state index is 0.0776. The number of rotatable bonds is 8. The molecule has 10 heteroatoms. The van der Waals surface area contributed by atoms with E-state index in [9.17, 15) is 18.8 Å². The molecule has 8 nitrogen and oxygen atoms in total. The number of ether oxygens (including phenoxy) is 3. The third kappa shape index (κ3) is 5.84. The molecule has 2 N–H and O–H groups in total. The normalized spacial score (nSPS) is 10.5. The second-order valence-electron chi connectivity index (χ2n) is 7.46. The number of urea groups is 1. The second kappa shape index (κ2) is 11.1. The van der Waals surface area contributed by atoms with Gasteiger partial charge in [-0.2, -0.15) is 5.26 Å². The van der Waals surface area contributed by atoms with Gasteiger partial charge in [0.25, 0.3) is 0 Å². The summed E-state index contributed by atoms with van der Waals surface area (Å²) in [5, 5.41) is 14.9. The van der Waals surface area contributed by atoms with E-state index in [-0.39, 0.29) is 23.6 Å². The Morgan fingerprint density at radius 1 is 1.00 bits per heavy atom. The van der Waals surface area contributed by atoms with Crippen molar-refractivity contribution in [3.8, 4) is 23.3 Å². The summed E-state index contributed by atoms with van der Waals surface area (Å²) in [7, 11) is 1.55. The van der Waals surface area contributed by atoms with Gasteiger partial charge in [-0.05, 0) is 48.5 Å². The van der Waals surface area contributed by atoms with Gasteiger partial charge in [0.15, 0.2) is 0 Å². The Labute approximate surface area is 205 Å². The lowest BCUT2D eigenvalue weighted by Gasteiger charge is -2.13. The van der Waals surface area contributed by atoms with Crippen LogP contribution in [0, 0.1) is 23.0 Å². The van der Waals surface area contributed by atoms with Gasteiger partial charge in [0.1, 0.15) is 41.6 Å². The summed E-state index contributed by atoms with van der Waals surface area (Å²) < 4.78 is 44.1. The number of anilines is 2. The van der Waals surface area contributed by atoms with E-state index >= 15 is 0 Å². The van der Waals surface area contributed by atoms with Crippen LogP contribution in [0.15, 0.2) is 66.9 Å². The monoisotopic (exact) mass is 490 g/mol. The average Bonchev–Trinajstić information content (AvgIpc) is 2.87. The zero-order valence-corrected chi connectivity index (χ0v) is 19.0. The quantitative estimate of drug-likeness (QED) is 0.300. The first-order chi connectivity index (χ1) is 17.5. The Hall–Kier alpha value is -4.75. The molecular weight excluding hydrogens is 470 g/mol. The Morgan fingerprint density at radius 2 is 1.81 bits per heavy atom. The van der Waals surface area contributed by atoms with Gasteiger partial charge >= 0.3 is 6.03 Å². The van der Waals surface area contributed by atoms with Crippen LogP contribution in [0.2, 0.25) is 0 Å². The number of aromatic nitrogens is 1. The van der Waals surface area contributed by atoms with Crippen molar-refractivity contribution in [1.29, 1.82) is 5.26 Å². The lowest BCUT2D eigenvalue weighted by atomic mass is 10.1. The van der Waals surface area contributed by atoms with E-state index in [0.29, 0.717) is 34.7 Å². The van der Waals surface area contributed by atoms with Crippen LogP contribution in [0.4, 0.5) is 25.0 Å². The van der Waals surface area contributed by atoms with Crippen LogP contribution in [-0.4, -0.2) is 31.3 Å². The van der Waals surface area contributed by atoms with Crippen molar-refractivity contribution in [2.24, 2.45) is 0 Å². The first-order valence-corrected chi connectivity index (χ1v) is 10.7. The van der Waals surface area contributed by atoms with E-state index in [0.717, 1.165) is 6.07 Å². The van der Waals surface area contributed by atoms with Crippen molar-refractivity contribution >= 4 is 28.3 Å². The fourth-order valence-electron chi connectivity index (χ4n) is 3.28. The van der Waals surface area contributed by atoms with Gasteiger partial charge < -0.3 is 24.8 Å². The molecule has 4 rings (SSSR count). The van der Waals surface area contributed by atoms with Crippen molar-refractivity contribution in [2.75, 3.05) is 31.0 Å². The van der Waals surface area contributed by atoms with Gasteiger partial charge in [0, 0.05) is 36.5 Å². The first kappa shape index (κ1) is 24.4. The number of halogens is 2. The number of pyridine rings is 1. The molecular formula is C26H20F2N4O4. The van der Waals surface area contributed by atoms with Gasteiger partial charge in [0.2, 0.25) is 0 Å². The SMILES string of the molecule is COCCOc1cc2nccc(Oc3ccc(NC(=O)Nc4ccc(F)cc4)c(F)c3)c2cc1C#N. The third-order valence-corrected chi connectivity index (χ3v) is 4.99. The summed E-state index contributed by atoms with van der Waals surface area (Å²) in [5.74, 6) is -0.277. The number of nitriles is 1. The van der Waals surface area contributed by atoms with Crippen molar-refractivity contribution in [1.82, 2.24) is 4.98 Å². The highest BCUT2D eigenvalue weighted by molar-refractivity contribution is 5.99. The highest BCUT2D eigenvalue weighted by atomic mass is 19.1. The molecule has 182 valence electrons. The number of carbonyl (C=O) groups is 1. The maximum Gasteiger partial charge on any atom is 0.323 e. The summed E-state index contributed by atoms with van der Waals surface area (Å²) in [6.45, 7) is 0.637. The Bertz CT molecular complexity index is 1440. The Balaban J connectivity index is 1.50. The molecule has 2 amide bonds. The number of amides is 2. The predicted octanol–water partition coefficient (Wildman–Crippen LogP) is 5.85. The number of nitrogens with zero attached hydrogens (tertiary/aromatic N) is 2. The minimum Gasteiger partial charge on any atom is -0.490 e. The van der Waals surface area contributed by atoms with Crippen LogP contribution in [0.1, 0.15) is 5.56 Å². The Kier molecular flexibility index (Phi) is 7.53. The minimum atomic E-state index is -0.730. The van der Waals surface area contributed by atoms with Crippen LogP contribution in [-0.2, 0) is 4.74 Å². The van der Waals surface area contributed by atoms with E-state index in [4.69, 9.17) is 14.2 Å². The topological polar surface area (TPSA) is 106 Å². The standard InChI is InChI=1S/C26H20F2N4O4/c1-34-10-11-35-25-14-23-20(12-16(25)15-29)24(8-9-30-23)36-19-6-7-22(21(28)13-19)32-26(33)31-18-4-2-17(27)3-5-18/h2-9,12-14H,10-11H2,1H3,(H2,31,32,33). The molecule has 0 saturated carbocycles. The number of methoxy groups -OCH3 is 1. The molecule has 0 aliphatic rings. The van der Waals surface area contributed by atoms with Gasteiger partial charge in [-0.15, -0.1) is 0 Å². The molecule has 3 aromatic carbocycles. The number of nitrogens with one attached hydrogen (secondary N) is 2. The molecule has 1 heterocycles. The summed E-state index contributed by atoms with van der Waals surface area (Å²) in [6, 6.07) is 15.3. The number of benzene rings is 3. The average molecular weight is 490 g/mol.